The molecule has 1 unspecified atom stereocenters. The highest BCUT2D eigenvalue weighted by Crippen LogP contribution is 2.21. The van der Waals surface area contributed by atoms with E-state index in [1.807, 2.05) is 0 Å². The zero-order chi connectivity index (χ0) is 13.5. The average Bonchev–Trinajstić information content (AvgIpc) is 2.64. The van der Waals surface area contributed by atoms with Crippen molar-refractivity contribution < 1.29 is 9.13 Å². The quantitative estimate of drug-likeness (QED) is 0.819. The highest BCUT2D eigenvalue weighted by molar-refractivity contribution is 5.12. The Bertz CT molecular complexity index is 386. The van der Waals surface area contributed by atoms with Gasteiger partial charge in [-0.2, -0.15) is 0 Å². The van der Waals surface area contributed by atoms with Crippen LogP contribution in [0.2, 0.25) is 0 Å². The van der Waals surface area contributed by atoms with Crippen LogP contribution in [0, 0.1) is 11.7 Å². The molecule has 1 saturated heterocycles. The van der Waals surface area contributed by atoms with Crippen LogP contribution in [-0.4, -0.2) is 36.7 Å². The van der Waals surface area contributed by atoms with E-state index in [2.05, 4.69) is 9.88 Å². The molecule has 2 heterocycles. The second kappa shape index (κ2) is 7.56. The van der Waals surface area contributed by atoms with Gasteiger partial charge in [0.1, 0.15) is 5.82 Å². The van der Waals surface area contributed by atoms with Gasteiger partial charge in [0.15, 0.2) is 0 Å². The molecule has 0 bridgehead atoms. The topological polar surface area (TPSA) is 25.4 Å². The van der Waals surface area contributed by atoms with Gasteiger partial charge in [0.25, 0.3) is 0 Å². The summed E-state index contributed by atoms with van der Waals surface area (Å²) in [5, 5.41) is 0. The summed E-state index contributed by atoms with van der Waals surface area (Å²) >= 11 is 0. The lowest BCUT2D eigenvalue weighted by Gasteiger charge is -2.24. The van der Waals surface area contributed by atoms with E-state index in [9.17, 15) is 4.39 Å². The first-order valence-electron chi connectivity index (χ1n) is 7.09. The van der Waals surface area contributed by atoms with Crippen LogP contribution in [0.5, 0.6) is 0 Å². The third-order valence-electron chi connectivity index (χ3n) is 3.83. The molecule has 1 atom stereocenters. The number of ether oxygens (including phenoxy) is 1. The largest absolute Gasteiger partial charge is 0.385 e. The molecule has 1 fully saturated rings. The van der Waals surface area contributed by atoms with Gasteiger partial charge >= 0.3 is 0 Å². The Balaban J connectivity index is 1.93. The zero-order valence-corrected chi connectivity index (χ0v) is 11.6. The number of nitrogens with zero attached hydrogens (tertiary/aromatic N) is 2. The Morgan fingerprint density at radius 1 is 1.47 bits per heavy atom. The Hall–Kier alpha value is -1.00. The second-order valence-corrected chi connectivity index (χ2v) is 5.35. The molecule has 1 aromatic rings. The molecule has 3 nitrogen and oxygen atoms in total. The molecule has 1 aliphatic rings. The Morgan fingerprint density at radius 3 is 3.16 bits per heavy atom. The summed E-state index contributed by atoms with van der Waals surface area (Å²) in [5.41, 5.74) is 0.752. The standard InChI is InChI=1S/C15H23FN2O/c1-19-9-6-13-4-2-3-8-18(11-13)12-14-5-7-17-10-15(14)16/h5,7,10,13H,2-4,6,8-9,11-12H2,1H3. The van der Waals surface area contributed by atoms with E-state index in [0.29, 0.717) is 12.5 Å². The molecule has 0 spiro atoms. The molecule has 19 heavy (non-hydrogen) atoms. The number of likely N-dealkylation sites (tertiary alicyclic amines) is 1. The van der Waals surface area contributed by atoms with Gasteiger partial charge in [0.2, 0.25) is 0 Å². The van der Waals surface area contributed by atoms with Crippen LogP contribution in [0.3, 0.4) is 0 Å². The fourth-order valence-corrected chi connectivity index (χ4v) is 2.75. The molecule has 1 aliphatic heterocycles. The van der Waals surface area contributed by atoms with Crippen molar-refractivity contribution >= 4 is 0 Å². The maximum absolute atomic E-state index is 13.6. The lowest BCUT2D eigenvalue weighted by Crippen LogP contribution is -2.29. The van der Waals surface area contributed by atoms with Crippen LogP contribution >= 0.6 is 0 Å². The lowest BCUT2D eigenvalue weighted by atomic mass is 10.00. The van der Waals surface area contributed by atoms with Gasteiger partial charge in [-0.15, -0.1) is 0 Å². The van der Waals surface area contributed by atoms with E-state index in [1.54, 1.807) is 19.4 Å². The number of hydrogen-bond donors (Lipinski definition) is 0. The zero-order valence-electron chi connectivity index (χ0n) is 11.6. The third kappa shape index (κ3) is 4.55. The first-order valence-corrected chi connectivity index (χ1v) is 7.09. The highest BCUT2D eigenvalue weighted by Gasteiger charge is 2.18. The monoisotopic (exact) mass is 266 g/mol. The minimum atomic E-state index is -0.194. The minimum absolute atomic E-state index is 0.194. The predicted molar refractivity (Wildman–Crippen MR) is 73.3 cm³/mol. The maximum Gasteiger partial charge on any atom is 0.145 e. The Morgan fingerprint density at radius 2 is 2.37 bits per heavy atom. The van der Waals surface area contributed by atoms with Gasteiger partial charge in [0, 0.05) is 38.6 Å². The van der Waals surface area contributed by atoms with E-state index in [1.165, 1.54) is 25.5 Å². The van der Waals surface area contributed by atoms with Crippen molar-refractivity contribution in [3.05, 3.63) is 29.8 Å². The van der Waals surface area contributed by atoms with Gasteiger partial charge < -0.3 is 4.74 Å². The summed E-state index contributed by atoms with van der Waals surface area (Å²) in [4.78, 5) is 6.17. The van der Waals surface area contributed by atoms with Crippen molar-refractivity contribution in [2.45, 2.75) is 32.2 Å². The Labute approximate surface area is 114 Å². The minimum Gasteiger partial charge on any atom is -0.385 e. The molecular formula is C15H23FN2O. The molecule has 0 radical (unpaired) electrons. The molecule has 0 amide bonds. The smallest absolute Gasteiger partial charge is 0.145 e. The van der Waals surface area contributed by atoms with E-state index in [0.717, 1.165) is 31.7 Å². The molecule has 4 heteroatoms. The van der Waals surface area contributed by atoms with Crippen molar-refractivity contribution in [2.24, 2.45) is 5.92 Å². The van der Waals surface area contributed by atoms with Crippen LogP contribution in [0.1, 0.15) is 31.2 Å². The fraction of sp³-hybridized carbons (Fsp3) is 0.667. The molecular weight excluding hydrogens is 243 g/mol. The summed E-state index contributed by atoms with van der Waals surface area (Å²) in [6, 6.07) is 1.78. The number of halogens is 1. The summed E-state index contributed by atoms with van der Waals surface area (Å²) < 4.78 is 18.8. The van der Waals surface area contributed by atoms with Crippen LogP contribution < -0.4 is 0 Å². The molecule has 1 aromatic heterocycles. The summed E-state index contributed by atoms with van der Waals surface area (Å²) in [6.45, 7) is 3.62. The molecule has 0 N–H and O–H groups in total. The maximum atomic E-state index is 13.6. The SMILES string of the molecule is COCCC1CCCCN(Cc2ccncc2F)C1. The number of methoxy groups -OCH3 is 1. The molecule has 106 valence electrons. The van der Waals surface area contributed by atoms with Crippen LogP contribution in [0.4, 0.5) is 4.39 Å². The van der Waals surface area contributed by atoms with Crippen LogP contribution in [-0.2, 0) is 11.3 Å². The number of rotatable bonds is 5. The normalized spacial score (nSPS) is 21.3. The Kier molecular flexibility index (Phi) is 5.73. The molecule has 0 saturated carbocycles. The number of aromatic nitrogens is 1. The first-order chi connectivity index (χ1) is 9.29. The van der Waals surface area contributed by atoms with Gasteiger partial charge in [-0.05, 0) is 37.8 Å². The van der Waals surface area contributed by atoms with E-state index in [-0.39, 0.29) is 5.82 Å². The number of hydrogen-bond acceptors (Lipinski definition) is 3. The average molecular weight is 266 g/mol. The van der Waals surface area contributed by atoms with Gasteiger partial charge in [-0.3, -0.25) is 9.88 Å². The van der Waals surface area contributed by atoms with Crippen LogP contribution in [0.15, 0.2) is 18.5 Å². The van der Waals surface area contributed by atoms with Gasteiger partial charge in [-0.25, -0.2) is 4.39 Å². The second-order valence-electron chi connectivity index (χ2n) is 5.35. The summed E-state index contributed by atoms with van der Waals surface area (Å²) in [5.74, 6) is 0.479. The molecule has 2 rings (SSSR count). The van der Waals surface area contributed by atoms with Gasteiger partial charge in [0.05, 0.1) is 6.20 Å². The fourth-order valence-electron chi connectivity index (χ4n) is 2.75. The van der Waals surface area contributed by atoms with Crippen molar-refractivity contribution in [3.63, 3.8) is 0 Å². The molecule has 0 aliphatic carbocycles. The predicted octanol–water partition coefficient (Wildman–Crippen LogP) is 2.86. The first kappa shape index (κ1) is 14.4. The van der Waals surface area contributed by atoms with Crippen molar-refractivity contribution in [2.75, 3.05) is 26.8 Å². The van der Waals surface area contributed by atoms with E-state index < -0.39 is 0 Å². The number of pyridine rings is 1. The van der Waals surface area contributed by atoms with Crippen molar-refractivity contribution in [1.29, 1.82) is 0 Å². The lowest BCUT2D eigenvalue weighted by molar-refractivity contribution is 0.158. The van der Waals surface area contributed by atoms with E-state index in [4.69, 9.17) is 4.74 Å². The summed E-state index contributed by atoms with van der Waals surface area (Å²) in [6.07, 6.45) is 7.80. The van der Waals surface area contributed by atoms with Gasteiger partial charge in [-0.1, -0.05) is 6.42 Å². The van der Waals surface area contributed by atoms with Crippen molar-refractivity contribution in [1.82, 2.24) is 9.88 Å². The van der Waals surface area contributed by atoms with E-state index >= 15 is 0 Å². The van der Waals surface area contributed by atoms with Crippen LogP contribution in [0.25, 0.3) is 0 Å². The van der Waals surface area contributed by atoms with Crippen molar-refractivity contribution in [3.8, 4) is 0 Å². The third-order valence-corrected chi connectivity index (χ3v) is 3.83. The molecule has 0 aromatic carbocycles. The summed E-state index contributed by atoms with van der Waals surface area (Å²) in [7, 11) is 1.75. The highest BCUT2D eigenvalue weighted by atomic mass is 19.1.